The Kier molecular flexibility index (Phi) is 7.65. The Labute approximate surface area is 273 Å². The summed E-state index contributed by atoms with van der Waals surface area (Å²) >= 11 is 0. The van der Waals surface area contributed by atoms with Crippen LogP contribution in [-0.2, 0) is 14.2 Å². The molecule has 0 radical (unpaired) electrons. The van der Waals surface area contributed by atoms with Gasteiger partial charge in [-0.15, -0.1) is 0 Å². The maximum atomic E-state index is 12.0. The SMILES string of the molecule is CC(C)(O)C1CC[C@](C)(C2[C@@H](O)C[C@@]3(C)C4C[C@H](OC5OC(CO)C(O)C(O)C5O)C5C(C)(C)[C@@H](O)CCC56CC46CC[C@]23C)O1. The fraction of sp³-hybridized carbons (Fsp3) is 1.00. The number of fused-ring (bicyclic) bond motifs is 2. The average molecular weight is 653 g/mol. The van der Waals surface area contributed by atoms with Crippen LogP contribution < -0.4 is 0 Å². The second-order valence-electron chi connectivity index (χ2n) is 18.7. The molecular weight excluding hydrogens is 592 g/mol. The standard InChI is InChI=1S/C36H60O10/c1-30(2)22(39)8-11-36-17-35(36)13-12-32(5)27(34(7)10-9-23(46-34)31(3,4)43)18(38)15-33(32,6)21(35)14-19(28(30)36)44-29-26(42)25(41)24(40)20(16-37)45-29/h18-29,37-43H,8-17H2,1-7H3/t18-,19-,20?,21?,22-,23?,24?,25?,26?,27?,28?,29?,32+,33-,34+,35?,36?/m0/s1. The van der Waals surface area contributed by atoms with Crippen molar-refractivity contribution in [2.24, 2.45) is 44.8 Å². The fourth-order valence-electron chi connectivity index (χ4n) is 13.6. The van der Waals surface area contributed by atoms with Gasteiger partial charge in [0.2, 0.25) is 0 Å². The zero-order chi connectivity index (χ0) is 33.6. The first-order chi connectivity index (χ1) is 21.2. The smallest absolute Gasteiger partial charge is 0.186 e. The minimum absolute atomic E-state index is 0.0225. The van der Waals surface area contributed by atoms with E-state index >= 15 is 0 Å². The van der Waals surface area contributed by atoms with Gasteiger partial charge in [-0.1, -0.05) is 27.7 Å². The number of aliphatic hydroxyl groups is 7. The molecule has 5 saturated carbocycles. The van der Waals surface area contributed by atoms with Crippen molar-refractivity contribution in [3.8, 4) is 0 Å². The summed E-state index contributed by atoms with van der Waals surface area (Å²) in [6, 6.07) is 0. The number of aliphatic hydroxyl groups excluding tert-OH is 6. The second kappa shape index (κ2) is 10.3. The Morgan fingerprint density at radius 1 is 0.804 bits per heavy atom. The maximum absolute atomic E-state index is 12.0. The van der Waals surface area contributed by atoms with Gasteiger partial charge in [0, 0.05) is 5.92 Å². The molecule has 46 heavy (non-hydrogen) atoms. The third kappa shape index (κ3) is 4.24. The van der Waals surface area contributed by atoms with Crippen molar-refractivity contribution in [2.45, 2.75) is 173 Å². The molecule has 0 aromatic rings. The van der Waals surface area contributed by atoms with Crippen molar-refractivity contribution in [3.05, 3.63) is 0 Å². The quantitative estimate of drug-likeness (QED) is 0.219. The van der Waals surface area contributed by atoms with Crippen LogP contribution >= 0.6 is 0 Å². The lowest BCUT2D eigenvalue weighted by molar-refractivity contribution is -0.331. The Balaban J connectivity index is 1.26. The summed E-state index contributed by atoms with van der Waals surface area (Å²) in [7, 11) is 0. The van der Waals surface area contributed by atoms with Gasteiger partial charge in [-0.05, 0) is 117 Å². The van der Waals surface area contributed by atoms with Crippen molar-refractivity contribution in [2.75, 3.05) is 6.61 Å². The topological polar surface area (TPSA) is 169 Å². The molecule has 7 fully saturated rings. The van der Waals surface area contributed by atoms with E-state index < -0.39 is 72.2 Å². The molecule has 11 unspecified atom stereocenters. The second-order valence-corrected chi connectivity index (χ2v) is 18.7. The lowest BCUT2D eigenvalue weighted by Crippen LogP contribution is -2.64. The molecular formula is C36H60O10. The van der Waals surface area contributed by atoms with E-state index in [2.05, 4.69) is 34.6 Å². The molecule has 2 saturated heterocycles. The zero-order valence-corrected chi connectivity index (χ0v) is 28.9. The van der Waals surface area contributed by atoms with E-state index in [-0.39, 0.29) is 45.5 Å². The highest BCUT2D eigenvalue weighted by molar-refractivity contribution is 5.33. The Morgan fingerprint density at radius 2 is 1.50 bits per heavy atom. The minimum atomic E-state index is -1.53. The van der Waals surface area contributed by atoms with Crippen LogP contribution in [0.2, 0.25) is 0 Å². The maximum Gasteiger partial charge on any atom is 0.186 e. The molecule has 7 rings (SSSR count). The summed E-state index contributed by atoms with van der Waals surface area (Å²) in [5.41, 5.74) is -2.50. The number of hydrogen-bond acceptors (Lipinski definition) is 10. The lowest BCUT2D eigenvalue weighted by atomic mass is 9.41. The van der Waals surface area contributed by atoms with E-state index in [1.807, 2.05) is 0 Å². The number of ether oxygens (including phenoxy) is 3. The van der Waals surface area contributed by atoms with Crippen molar-refractivity contribution in [1.29, 1.82) is 0 Å². The molecule has 17 atom stereocenters. The highest BCUT2D eigenvalue weighted by Crippen LogP contribution is 2.89. The van der Waals surface area contributed by atoms with E-state index in [0.717, 1.165) is 38.5 Å². The highest BCUT2D eigenvalue weighted by atomic mass is 16.7. The Bertz CT molecular complexity index is 1200. The third-order valence-corrected chi connectivity index (χ3v) is 15.9. The van der Waals surface area contributed by atoms with E-state index in [9.17, 15) is 35.7 Å². The van der Waals surface area contributed by atoms with Crippen molar-refractivity contribution < 1.29 is 50.0 Å². The van der Waals surface area contributed by atoms with E-state index in [4.69, 9.17) is 14.2 Å². The highest BCUT2D eigenvalue weighted by Gasteiger charge is 2.85. The number of hydrogen-bond donors (Lipinski definition) is 7. The van der Waals surface area contributed by atoms with Gasteiger partial charge in [-0.3, -0.25) is 0 Å². The Hall–Kier alpha value is -0.400. The van der Waals surface area contributed by atoms with Crippen molar-refractivity contribution in [1.82, 2.24) is 0 Å². The van der Waals surface area contributed by atoms with Gasteiger partial charge in [0.05, 0.1) is 42.2 Å². The first-order valence-corrected chi connectivity index (χ1v) is 17.9. The van der Waals surface area contributed by atoms with Gasteiger partial charge in [0.15, 0.2) is 6.29 Å². The van der Waals surface area contributed by atoms with E-state index in [0.29, 0.717) is 19.3 Å². The van der Waals surface area contributed by atoms with E-state index in [1.165, 1.54) is 0 Å². The van der Waals surface area contributed by atoms with Crippen LogP contribution in [0.3, 0.4) is 0 Å². The summed E-state index contributed by atoms with van der Waals surface area (Å²) in [5, 5.41) is 76.2. The molecule has 2 heterocycles. The molecule has 0 amide bonds. The van der Waals surface area contributed by atoms with Gasteiger partial charge in [-0.2, -0.15) is 0 Å². The largest absolute Gasteiger partial charge is 0.394 e. The lowest BCUT2D eigenvalue weighted by Gasteiger charge is -2.65. The summed E-state index contributed by atoms with van der Waals surface area (Å²) in [6.07, 6.45) is -1.07. The van der Waals surface area contributed by atoms with Crippen LogP contribution in [0, 0.1) is 44.8 Å². The molecule has 5 aliphatic carbocycles. The fourth-order valence-corrected chi connectivity index (χ4v) is 13.6. The molecule has 7 aliphatic rings. The minimum Gasteiger partial charge on any atom is -0.394 e. The monoisotopic (exact) mass is 652 g/mol. The van der Waals surface area contributed by atoms with Crippen LogP contribution in [0.4, 0.5) is 0 Å². The molecule has 10 nitrogen and oxygen atoms in total. The molecule has 0 aromatic heterocycles. The molecule has 2 aliphatic heterocycles. The van der Waals surface area contributed by atoms with Gasteiger partial charge < -0.3 is 50.0 Å². The molecule has 264 valence electrons. The van der Waals surface area contributed by atoms with Gasteiger partial charge >= 0.3 is 0 Å². The van der Waals surface area contributed by atoms with Crippen LogP contribution in [-0.4, -0.2) is 109 Å². The predicted molar refractivity (Wildman–Crippen MR) is 167 cm³/mol. The Morgan fingerprint density at radius 3 is 2.13 bits per heavy atom. The normalized spacial score (nSPS) is 59.3. The summed E-state index contributed by atoms with van der Waals surface area (Å²) in [6.45, 7) is 14.2. The van der Waals surface area contributed by atoms with Gasteiger partial charge in [-0.25, -0.2) is 0 Å². The first-order valence-electron chi connectivity index (χ1n) is 17.9. The van der Waals surface area contributed by atoms with E-state index in [1.54, 1.807) is 13.8 Å². The summed E-state index contributed by atoms with van der Waals surface area (Å²) in [4.78, 5) is 0. The van der Waals surface area contributed by atoms with Crippen LogP contribution in [0.15, 0.2) is 0 Å². The molecule has 2 spiro atoms. The zero-order valence-electron chi connectivity index (χ0n) is 28.9. The van der Waals surface area contributed by atoms with Crippen LogP contribution in [0.1, 0.15) is 106 Å². The third-order valence-electron chi connectivity index (χ3n) is 15.9. The van der Waals surface area contributed by atoms with Crippen LogP contribution in [0.25, 0.3) is 0 Å². The van der Waals surface area contributed by atoms with Gasteiger partial charge in [0.1, 0.15) is 24.4 Å². The first kappa shape index (κ1) is 34.1. The molecule has 7 N–H and O–H groups in total. The van der Waals surface area contributed by atoms with Crippen molar-refractivity contribution in [3.63, 3.8) is 0 Å². The summed E-state index contributed by atoms with van der Waals surface area (Å²) in [5.74, 6) is 0.0768. The van der Waals surface area contributed by atoms with Gasteiger partial charge in [0.25, 0.3) is 0 Å². The van der Waals surface area contributed by atoms with Crippen LogP contribution in [0.5, 0.6) is 0 Å². The number of rotatable bonds is 5. The molecule has 0 bridgehead atoms. The molecule has 10 heteroatoms. The summed E-state index contributed by atoms with van der Waals surface area (Å²) < 4.78 is 19.4. The predicted octanol–water partition coefficient (Wildman–Crippen LogP) is 2.26. The average Bonchev–Trinajstić information content (AvgIpc) is 3.33. The molecule has 0 aromatic carbocycles. The van der Waals surface area contributed by atoms with Crippen molar-refractivity contribution >= 4 is 0 Å².